The largest absolute Gasteiger partial charge is 0.481 e. The number of carboxylic acid groups (broad SMARTS) is 1. The zero-order valence-electron chi connectivity index (χ0n) is 9.80. The average molecular weight is 250 g/mol. The smallest absolute Gasteiger partial charge is 0.306 e. The van der Waals surface area contributed by atoms with Crippen LogP contribution in [0.1, 0.15) is 25.3 Å². The summed E-state index contributed by atoms with van der Waals surface area (Å²) in [6.45, 7) is 1.68. The van der Waals surface area contributed by atoms with E-state index in [1.165, 1.54) is 11.8 Å². The molecule has 1 heterocycles. The van der Waals surface area contributed by atoms with Gasteiger partial charge in [0.1, 0.15) is 0 Å². The molecule has 0 saturated carbocycles. The minimum Gasteiger partial charge on any atom is -0.481 e. The molecule has 1 atom stereocenters. The number of aromatic nitrogens is 2. The predicted octanol–water partition coefficient (Wildman–Crippen LogP) is 2.05. The van der Waals surface area contributed by atoms with Crippen LogP contribution in [0.25, 0.3) is 0 Å². The molecule has 1 unspecified atom stereocenters. The molecular formula is C12H14N2O2S. The van der Waals surface area contributed by atoms with Gasteiger partial charge in [-0.05, 0) is 12.7 Å². The molecule has 0 aromatic carbocycles. The normalized spacial score (nSPS) is 11.4. The molecule has 0 aliphatic heterocycles. The van der Waals surface area contributed by atoms with Gasteiger partial charge in [-0.25, -0.2) is 9.97 Å². The Hall–Kier alpha value is -1.54. The van der Waals surface area contributed by atoms with Crippen molar-refractivity contribution in [2.24, 2.45) is 5.92 Å². The van der Waals surface area contributed by atoms with Crippen molar-refractivity contribution in [3.8, 4) is 11.8 Å². The molecule has 0 fully saturated rings. The Balaban J connectivity index is 2.46. The van der Waals surface area contributed by atoms with Gasteiger partial charge in [-0.3, -0.25) is 4.79 Å². The maximum atomic E-state index is 10.6. The van der Waals surface area contributed by atoms with Crippen LogP contribution in [0.5, 0.6) is 0 Å². The van der Waals surface area contributed by atoms with Gasteiger partial charge < -0.3 is 5.11 Å². The summed E-state index contributed by atoms with van der Waals surface area (Å²) in [5, 5.41) is 9.40. The molecule has 0 radical (unpaired) electrons. The van der Waals surface area contributed by atoms with Crippen LogP contribution in [-0.2, 0) is 4.79 Å². The number of carbonyl (C=O) groups is 1. The lowest BCUT2D eigenvalue weighted by molar-refractivity contribution is -0.141. The fourth-order valence-corrected chi connectivity index (χ4v) is 1.38. The summed E-state index contributed by atoms with van der Waals surface area (Å²) in [5.41, 5.74) is 0.755. The second-order valence-electron chi connectivity index (χ2n) is 3.54. The summed E-state index contributed by atoms with van der Waals surface area (Å²) < 4.78 is 0. The zero-order valence-corrected chi connectivity index (χ0v) is 10.6. The number of rotatable bonds is 4. The Labute approximate surface area is 105 Å². The SMILES string of the molecule is CSc1ncc(C#CCCC(C)C(=O)O)cn1. The molecule has 0 aliphatic carbocycles. The number of hydrogen-bond donors (Lipinski definition) is 1. The van der Waals surface area contributed by atoms with Crippen molar-refractivity contribution >= 4 is 17.7 Å². The first-order valence-electron chi connectivity index (χ1n) is 5.21. The first kappa shape index (κ1) is 13.5. The van der Waals surface area contributed by atoms with Crippen LogP contribution >= 0.6 is 11.8 Å². The second-order valence-corrected chi connectivity index (χ2v) is 4.31. The Morgan fingerprint density at radius 2 is 2.18 bits per heavy atom. The number of carboxylic acids is 1. The highest BCUT2D eigenvalue weighted by Crippen LogP contribution is 2.07. The Kier molecular flexibility index (Phi) is 5.50. The molecule has 4 nitrogen and oxygen atoms in total. The molecule has 1 rings (SSSR count). The van der Waals surface area contributed by atoms with Crippen molar-refractivity contribution < 1.29 is 9.90 Å². The summed E-state index contributed by atoms with van der Waals surface area (Å²) in [4.78, 5) is 18.8. The lowest BCUT2D eigenvalue weighted by Crippen LogP contribution is -2.08. The van der Waals surface area contributed by atoms with E-state index in [2.05, 4.69) is 21.8 Å². The molecule has 90 valence electrons. The van der Waals surface area contributed by atoms with E-state index >= 15 is 0 Å². The van der Waals surface area contributed by atoms with Gasteiger partial charge in [0.2, 0.25) is 0 Å². The summed E-state index contributed by atoms with van der Waals surface area (Å²) >= 11 is 1.48. The first-order chi connectivity index (χ1) is 8.13. The van der Waals surface area contributed by atoms with E-state index in [1.807, 2.05) is 6.26 Å². The fourth-order valence-electron chi connectivity index (χ4n) is 1.06. The van der Waals surface area contributed by atoms with Crippen LogP contribution in [0.15, 0.2) is 17.6 Å². The maximum Gasteiger partial charge on any atom is 0.306 e. The molecule has 1 aromatic heterocycles. The second kappa shape index (κ2) is 6.92. The third-order valence-corrected chi connectivity index (χ3v) is 2.74. The Morgan fingerprint density at radius 3 is 2.71 bits per heavy atom. The maximum absolute atomic E-state index is 10.6. The van der Waals surface area contributed by atoms with Crippen molar-refractivity contribution in [1.29, 1.82) is 0 Å². The predicted molar refractivity (Wildman–Crippen MR) is 66.7 cm³/mol. The van der Waals surface area contributed by atoms with Crippen molar-refractivity contribution in [3.63, 3.8) is 0 Å². The van der Waals surface area contributed by atoms with E-state index in [4.69, 9.17) is 5.11 Å². The summed E-state index contributed by atoms with van der Waals surface area (Å²) in [5.74, 6) is 4.71. The molecule has 1 N–H and O–H groups in total. The molecule has 17 heavy (non-hydrogen) atoms. The Bertz CT molecular complexity index is 434. The van der Waals surface area contributed by atoms with Crippen LogP contribution in [0.2, 0.25) is 0 Å². The minimum atomic E-state index is -0.778. The van der Waals surface area contributed by atoms with Crippen LogP contribution < -0.4 is 0 Å². The van der Waals surface area contributed by atoms with Crippen molar-refractivity contribution in [1.82, 2.24) is 9.97 Å². The third-order valence-electron chi connectivity index (χ3n) is 2.17. The van der Waals surface area contributed by atoms with E-state index < -0.39 is 5.97 Å². The topological polar surface area (TPSA) is 63.1 Å². The van der Waals surface area contributed by atoms with Crippen LogP contribution in [-0.4, -0.2) is 27.3 Å². The van der Waals surface area contributed by atoms with Crippen LogP contribution in [0, 0.1) is 17.8 Å². The van der Waals surface area contributed by atoms with E-state index in [0.29, 0.717) is 12.8 Å². The molecule has 0 amide bonds. The molecule has 1 aromatic rings. The Morgan fingerprint density at radius 1 is 1.53 bits per heavy atom. The van der Waals surface area contributed by atoms with Crippen molar-refractivity contribution in [2.45, 2.75) is 24.9 Å². The van der Waals surface area contributed by atoms with Gasteiger partial charge in [0, 0.05) is 18.8 Å². The number of hydrogen-bond acceptors (Lipinski definition) is 4. The number of thioether (sulfide) groups is 1. The van der Waals surface area contributed by atoms with Gasteiger partial charge in [-0.1, -0.05) is 30.5 Å². The standard InChI is InChI=1S/C12H14N2O2S/c1-9(11(15)16)5-3-4-6-10-7-13-12(17-2)14-8-10/h7-9H,3,5H2,1-2H3,(H,15,16). The molecule has 0 spiro atoms. The quantitative estimate of drug-likeness (QED) is 0.503. The van der Waals surface area contributed by atoms with Crippen LogP contribution in [0.3, 0.4) is 0 Å². The van der Waals surface area contributed by atoms with E-state index in [0.717, 1.165) is 10.7 Å². The highest BCUT2D eigenvalue weighted by molar-refractivity contribution is 7.98. The van der Waals surface area contributed by atoms with E-state index in [-0.39, 0.29) is 5.92 Å². The molecule has 0 bridgehead atoms. The minimum absolute atomic E-state index is 0.348. The third kappa shape index (κ3) is 4.87. The summed E-state index contributed by atoms with van der Waals surface area (Å²) in [6, 6.07) is 0. The summed E-state index contributed by atoms with van der Waals surface area (Å²) in [6.07, 6.45) is 6.39. The number of nitrogens with zero attached hydrogens (tertiary/aromatic N) is 2. The van der Waals surface area contributed by atoms with Crippen molar-refractivity contribution in [2.75, 3.05) is 6.26 Å². The fraction of sp³-hybridized carbons (Fsp3) is 0.417. The average Bonchev–Trinajstić information content (AvgIpc) is 2.35. The van der Waals surface area contributed by atoms with Crippen molar-refractivity contribution in [3.05, 3.63) is 18.0 Å². The van der Waals surface area contributed by atoms with Gasteiger partial charge in [-0.15, -0.1) is 0 Å². The molecule has 0 aliphatic rings. The molecular weight excluding hydrogens is 236 g/mol. The molecule has 5 heteroatoms. The van der Waals surface area contributed by atoms with Gasteiger partial charge in [0.25, 0.3) is 0 Å². The highest BCUT2D eigenvalue weighted by atomic mass is 32.2. The van der Waals surface area contributed by atoms with Gasteiger partial charge in [0.15, 0.2) is 5.16 Å². The van der Waals surface area contributed by atoms with E-state index in [1.54, 1.807) is 19.3 Å². The molecule has 0 saturated heterocycles. The lowest BCUT2D eigenvalue weighted by atomic mass is 10.1. The van der Waals surface area contributed by atoms with Gasteiger partial charge >= 0.3 is 5.97 Å². The highest BCUT2D eigenvalue weighted by Gasteiger charge is 2.08. The van der Waals surface area contributed by atoms with Gasteiger partial charge in [0.05, 0.1) is 11.5 Å². The zero-order chi connectivity index (χ0) is 12.7. The number of aliphatic carboxylic acids is 1. The first-order valence-corrected chi connectivity index (χ1v) is 6.43. The van der Waals surface area contributed by atoms with Crippen LogP contribution in [0.4, 0.5) is 0 Å². The van der Waals surface area contributed by atoms with E-state index in [9.17, 15) is 4.79 Å². The summed E-state index contributed by atoms with van der Waals surface area (Å²) in [7, 11) is 0. The van der Waals surface area contributed by atoms with Gasteiger partial charge in [-0.2, -0.15) is 0 Å². The monoisotopic (exact) mass is 250 g/mol. The lowest BCUT2D eigenvalue weighted by Gasteiger charge is -2.00.